The van der Waals surface area contributed by atoms with Gasteiger partial charge in [-0.25, -0.2) is 8.78 Å². The highest BCUT2D eigenvalue weighted by Gasteiger charge is 2.55. The van der Waals surface area contributed by atoms with Crippen LogP contribution in [0.25, 0.3) is 22.0 Å². The average molecular weight is 628 g/mol. The summed E-state index contributed by atoms with van der Waals surface area (Å²) >= 11 is 7.07. The summed E-state index contributed by atoms with van der Waals surface area (Å²) in [7, 11) is 0. The number of hydrogen-bond acceptors (Lipinski definition) is 6. The topological polar surface area (TPSA) is 82.5 Å². The number of halogens is 3. The van der Waals surface area contributed by atoms with E-state index in [4.69, 9.17) is 21.4 Å². The van der Waals surface area contributed by atoms with Crippen molar-refractivity contribution < 1.29 is 18.3 Å². The molecule has 5 heterocycles. The number of nitrogens with one attached hydrogen (secondary N) is 1. The van der Waals surface area contributed by atoms with E-state index in [2.05, 4.69) is 21.7 Å². The predicted molar refractivity (Wildman–Crippen MR) is 166 cm³/mol. The zero-order chi connectivity index (χ0) is 31.0. The van der Waals surface area contributed by atoms with Crippen LogP contribution in [0.5, 0.6) is 0 Å². The van der Waals surface area contributed by atoms with Crippen LogP contribution in [0.2, 0.25) is 5.02 Å². The Balaban J connectivity index is 1.30. The van der Waals surface area contributed by atoms with Crippen LogP contribution in [0, 0.1) is 19.3 Å². The third kappa shape index (κ3) is 4.57. The fourth-order valence-corrected chi connectivity index (χ4v) is 8.41. The van der Waals surface area contributed by atoms with E-state index in [0.29, 0.717) is 50.2 Å². The lowest BCUT2D eigenvalue weighted by Gasteiger charge is -2.58. The van der Waals surface area contributed by atoms with Crippen molar-refractivity contribution in [2.24, 2.45) is 5.41 Å². The van der Waals surface area contributed by atoms with Gasteiger partial charge in [0.25, 0.3) is 6.43 Å². The Hall–Kier alpha value is -3.02. The summed E-state index contributed by atoms with van der Waals surface area (Å²) < 4.78 is 38.2. The predicted octanol–water partition coefficient (Wildman–Crippen LogP) is 5.37. The molecule has 1 amide bonds. The number of aromatic amines is 1. The number of alkyl halides is 2. The highest BCUT2D eigenvalue weighted by Crippen LogP contribution is 2.56. The number of anilines is 1. The number of rotatable bonds is 6. The lowest BCUT2D eigenvalue weighted by molar-refractivity contribution is -0.149. The van der Waals surface area contributed by atoms with Crippen LogP contribution in [0.3, 0.4) is 0 Å². The second-order valence-corrected chi connectivity index (χ2v) is 13.9. The van der Waals surface area contributed by atoms with Crippen molar-refractivity contribution in [1.82, 2.24) is 29.8 Å². The fraction of sp³-hybridized carbons (Fsp3) is 0.594. The van der Waals surface area contributed by atoms with E-state index in [9.17, 15) is 4.79 Å². The molecule has 2 aromatic heterocycles. The van der Waals surface area contributed by atoms with Gasteiger partial charge in [-0.15, -0.1) is 0 Å². The fourth-order valence-electron chi connectivity index (χ4n) is 8.16. The van der Waals surface area contributed by atoms with E-state index in [1.54, 1.807) is 13.1 Å². The molecule has 1 saturated carbocycles. The Bertz CT molecular complexity index is 1600. The number of hydrogen-bond donors (Lipinski definition) is 1. The largest absolute Gasteiger partial charge is 0.381 e. The second-order valence-electron chi connectivity index (χ2n) is 13.5. The summed E-state index contributed by atoms with van der Waals surface area (Å²) in [4.78, 5) is 18.0. The van der Waals surface area contributed by atoms with E-state index in [1.165, 1.54) is 6.08 Å². The Morgan fingerprint density at radius 2 is 1.89 bits per heavy atom. The van der Waals surface area contributed by atoms with Gasteiger partial charge in [0.15, 0.2) is 5.82 Å². The number of aromatic nitrogens is 4. The van der Waals surface area contributed by atoms with E-state index in [0.717, 1.165) is 59.0 Å². The molecule has 1 N–H and O–H groups in total. The van der Waals surface area contributed by atoms with Crippen molar-refractivity contribution in [3.8, 4) is 11.1 Å². The smallest absolute Gasteiger partial charge is 0.262 e. The maximum atomic E-state index is 15.3. The molecule has 0 radical (unpaired) electrons. The Morgan fingerprint density at radius 3 is 2.57 bits per heavy atom. The molecule has 1 atom stereocenters. The number of carbonyl (C=O) groups is 1. The molecule has 3 aromatic rings. The molecule has 1 spiro atoms. The van der Waals surface area contributed by atoms with Crippen LogP contribution in [0.4, 0.5) is 14.6 Å². The van der Waals surface area contributed by atoms with Crippen LogP contribution in [0.15, 0.2) is 24.9 Å². The first-order valence-electron chi connectivity index (χ1n) is 15.6. The van der Waals surface area contributed by atoms with Gasteiger partial charge in [-0.1, -0.05) is 18.2 Å². The normalized spacial score (nSPS) is 24.7. The van der Waals surface area contributed by atoms with Crippen molar-refractivity contribution in [2.75, 3.05) is 50.8 Å². The van der Waals surface area contributed by atoms with Crippen LogP contribution in [-0.4, -0.2) is 99.6 Å². The quantitative estimate of drug-likeness (QED) is 0.370. The van der Waals surface area contributed by atoms with Crippen LogP contribution in [-0.2, 0) is 9.53 Å². The number of benzene rings is 1. The minimum absolute atomic E-state index is 0.0386. The molecule has 0 bridgehead atoms. The van der Waals surface area contributed by atoms with Crippen LogP contribution in [0.1, 0.15) is 49.9 Å². The number of aryl methyl sites for hydroxylation is 1. The molecular formula is C32H40ClF2N7O2. The van der Waals surface area contributed by atoms with Crippen molar-refractivity contribution in [1.29, 1.82) is 0 Å². The van der Waals surface area contributed by atoms with Gasteiger partial charge in [-0.3, -0.25) is 19.5 Å². The van der Waals surface area contributed by atoms with Gasteiger partial charge in [0.05, 0.1) is 22.8 Å². The molecule has 236 valence electrons. The summed E-state index contributed by atoms with van der Waals surface area (Å²) in [6, 6.07) is 2.31. The van der Waals surface area contributed by atoms with Gasteiger partial charge in [0.2, 0.25) is 5.91 Å². The highest BCUT2D eigenvalue weighted by molar-refractivity contribution is 6.36. The van der Waals surface area contributed by atoms with Crippen molar-refractivity contribution >= 4 is 34.2 Å². The second kappa shape index (κ2) is 10.8. The average Bonchev–Trinajstić information content (AvgIpc) is 3.56. The van der Waals surface area contributed by atoms with E-state index < -0.39 is 12.0 Å². The number of likely N-dealkylation sites (tertiary alicyclic amines) is 1. The van der Waals surface area contributed by atoms with Crippen LogP contribution >= 0.6 is 11.6 Å². The minimum atomic E-state index is -2.60. The van der Waals surface area contributed by atoms with E-state index in [-0.39, 0.29) is 30.0 Å². The third-order valence-corrected chi connectivity index (χ3v) is 11.1. The van der Waals surface area contributed by atoms with Gasteiger partial charge in [-0.05, 0) is 64.2 Å². The number of H-pyrrole nitrogens is 1. The molecule has 7 rings (SSSR count). The first-order chi connectivity index (χ1) is 21.0. The molecule has 4 aliphatic rings. The number of nitrogens with zero attached hydrogens (tertiary/aromatic N) is 6. The monoisotopic (exact) mass is 627 g/mol. The minimum Gasteiger partial charge on any atom is -0.381 e. The maximum Gasteiger partial charge on any atom is 0.262 e. The van der Waals surface area contributed by atoms with Gasteiger partial charge < -0.3 is 14.5 Å². The summed E-state index contributed by atoms with van der Waals surface area (Å²) in [5.41, 5.74) is 2.80. The molecule has 3 aliphatic heterocycles. The number of fused-ring (bicyclic) bond motifs is 1. The van der Waals surface area contributed by atoms with Gasteiger partial charge >= 0.3 is 0 Å². The Morgan fingerprint density at radius 1 is 1.16 bits per heavy atom. The summed E-state index contributed by atoms with van der Waals surface area (Å²) in [6.45, 7) is 13.3. The lowest BCUT2D eigenvalue weighted by Crippen LogP contribution is -2.66. The van der Waals surface area contributed by atoms with Gasteiger partial charge in [-0.2, -0.15) is 10.2 Å². The molecule has 9 nitrogen and oxygen atoms in total. The Kier molecular flexibility index (Phi) is 7.29. The first-order valence-corrected chi connectivity index (χ1v) is 15.9. The summed E-state index contributed by atoms with van der Waals surface area (Å²) in [5, 5.41) is 14.0. The molecule has 1 aliphatic carbocycles. The number of carbonyl (C=O) groups excluding carboxylic acids is 1. The summed E-state index contributed by atoms with van der Waals surface area (Å²) in [5.74, 6) is 0.508. The number of piperazine rings is 1. The lowest BCUT2D eigenvalue weighted by atomic mass is 9.60. The van der Waals surface area contributed by atoms with E-state index in [1.807, 2.05) is 34.4 Å². The third-order valence-electron chi connectivity index (χ3n) is 10.7. The van der Waals surface area contributed by atoms with Gasteiger partial charge in [0, 0.05) is 79.6 Å². The van der Waals surface area contributed by atoms with Crippen molar-refractivity contribution in [2.45, 2.75) is 70.5 Å². The molecule has 0 unspecified atom stereocenters. The molecule has 12 heteroatoms. The first kappa shape index (κ1) is 29.7. The Labute approximate surface area is 261 Å². The van der Waals surface area contributed by atoms with Crippen LogP contribution < -0.4 is 4.90 Å². The van der Waals surface area contributed by atoms with Crippen molar-refractivity contribution in [3.05, 3.63) is 41.2 Å². The zero-order valence-corrected chi connectivity index (χ0v) is 26.3. The molecule has 3 saturated heterocycles. The van der Waals surface area contributed by atoms with Crippen molar-refractivity contribution in [3.63, 3.8) is 0 Å². The zero-order valence-electron chi connectivity index (χ0n) is 25.6. The standard InChI is InChI=1S/C32H40ClF2N7O2/c1-5-25(43)40-17-32(18-40)13-22(14-32)42-20(3)26(27-23-15-36-37-24(23)12-19(2)28(27)33)29(38-42)41-9-8-39(16-31(41,4)30(34)35)21-6-10-44-11-7-21/h5,12,15,21-22,30H,1,6-11,13-14,16-18H2,2-4H3,(H,36,37)/t31-/m1/s1. The van der Waals surface area contributed by atoms with Gasteiger partial charge in [0.1, 0.15) is 5.54 Å². The van der Waals surface area contributed by atoms with E-state index >= 15 is 8.78 Å². The highest BCUT2D eigenvalue weighted by atomic mass is 35.5. The molecule has 4 fully saturated rings. The SMILES string of the molecule is C=CC(=O)N1CC2(CC(n3nc(N4CCN(C5CCOCC5)C[C@]4(C)C(F)F)c(-c4c(Cl)c(C)cc5[nH]ncc45)c3C)C2)C1. The summed E-state index contributed by atoms with van der Waals surface area (Å²) in [6.07, 6.45) is 3.99. The number of amides is 1. The molecule has 1 aromatic carbocycles. The maximum absolute atomic E-state index is 15.3. The molecular weight excluding hydrogens is 588 g/mol. The number of ether oxygens (including phenoxy) is 1. The molecule has 44 heavy (non-hydrogen) atoms.